The Bertz CT molecular complexity index is 925. The fourth-order valence-corrected chi connectivity index (χ4v) is 5.53. The fraction of sp³-hybridized carbons (Fsp3) is 0.619. The van der Waals surface area contributed by atoms with Crippen molar-refractivity contribution in [2.24, 2.45) is 7.05 Å². The number of benzene rings is 1. The van der Waals surface area contributed by atoms with Crippen LogP contribution in [0.3, 0.4) is 0 Å². The van der Waals surface area contributed by atoms with Crippen molar-refractivity contribution in [3.8, 4) is 0 Å². The van der Waals surface area contributed by atoms with Gasteiger partial charge in [0.2, 0.25) is 16.0 Å². The molecule has 1 saturated heterocycles. The highest BCUT2D eigenvalue weighted by Crippen LogP contribution is 2.34. The van der Waals surface area contributed by atoms with Crippen LogP contribution in [-0.4, -0.2) is 60.8 Å². The summed E-state index contributed by atoms with van der Waals surface area (Å²) >= 11 is 0. The third-order valence-electron chi connectivity index (χ3n) is 6.20. The second kappa shape index (κ2) is 9.03. The van der Waals surface area contributed by atoms with Crippen LogP contribution in [0.15, 0.2) is 36.7 Å². The molecule has 2 heterocycles. The zero-order valence-electron chi connectivity index (χ0n) is 17.6. The van der Waals surface area contributed by atoms with Crippen molar-refractivity contribution in [1.82, 2.24) is 19.5 Å². The molecule has 1 aromatic carbocycles. The van der Waals surface area contributed by atoms with Crippen LogP contribution in [0.5, 0.6) is 0 Å². The minimum atomic E-state index is -3.30. The molecule has 1 aromatic heterocycles. The summed E-state index contributed by atoms with van der Waals surface area (Å²) in [4.78, 5) is 6.43. The zero-order valence-corrected chi connectivity index (χ0v) is 18.5. The number of hydrogen-bond acceptors (Lipinski definition) is 6. The lowest BCUT2D eigenvalue weighted by molar-refractivity contribution is 0.0155. The van der Waals surface area contributed by atoms with Gasteiger partial charge in [-0.1, -0.05) is 30.3 Å². The van der Waals surface area contributed by atoms with Gasteiger partial charge in [-0.3, -0.25) is 4.68 Å². The van der Waals surface area contributed by atoms with Gasteiger partial charge in [-0.25, -0.2) is 18.1 Å². The van der Waals surface area contributed by atoms with Crippen LogP contribution in [0.25, 0.3) is 0 Å². The number of aromatic nitrogens is 3. The molecule has 9 heteroatoms. The van der Waals surface area contributed by atoms with Gasteiger partial charge in [-0.2, -0.15) is 0 Å². The molecule has 2 aliphatic rings. The molecule has 1 N–H and O–H groups in total. The van der Waals surface area contributed by atoms with E-state index in [0.717, 1.165) is 25.7 Å². The van der Waals surface area contributed by atoms with E-state index in [1.807, 2.05) is 7.05 Å². The highest BCUT2D eigenvalue weighted by Gasteiger charge is 2.38. The minimum Gasteiger partial charge on any atom is -0.376 e. The van der Waals surface area contributed by atoms with Crippen molar-refractivity contribution in [3.05, 3.63) is 42.2 Å². The van der Waals surface area contributed by atoms with E-state index in [1.54, 1.807) is 11.0 Å². The lowest BCUT2D eigenvalue weighted by atomic mass is 9.83. The van der Waals surface area contributed by atoms with E-state index >= 15 is 0 Å². The summed E-state index contributed by atoms with van der Waals surface area (Å²) in [6.07, 6.45) is 8.08. The van der Waals surface area contributed by atoms with Crippen molar-refractivity contribution in [2.75, 3.05) is 24.3 Å². The minimum absolute atomic E-state index is 0.117. The van der Waals surface area contributed by atoms with E-state index < -0.39 is 10.0 Å². The maximum absolute atomic E-state index is 11.9. The van der Waals surface area contributed by atoms with Gasteiger partial charge in [0.15, 0.2) is 0 Å². The maximum Gasteiger partial charge on any atom is 0.245 e. The van der Waals surface area contributed by atoms with E-state index in [1.165, 1.54) is 11.8 Å². The topological polar surface area (TPSA) is 89.4 Å². The number of nitrogens with one attached hydrogen (secondary N) is 1. The quantitative estimate of drug-likeness (QED) is 0.719. The van der Waals surface area contributed by atoms with E-state index in [2.05, 4.69) is 50.0 Å². The molecule has 2 atom stereocenters. The summed E-state index contributed by atoms with van der Waals surface area (Å²) in [5.41, 5.74) is 1.41. The Balaban J connectivity index is 1.37. The molecular weight excluding hydrogens is 402 g/mol. The first-order valence-corrected chi connectivity index (χ1v) is 12.5. The molecule has 0 bridgehead atoms. The van der Waals surface area contributed by atoms with Crippen LogP contribution in [0.4, 0.5) is 5.95 Å². The number of rotatable bonds is 7. The Morgan fingerprint density at radius 1 is 1.13 bits per heavy atom. The maximum atomic E-state index is 11.9. The molecule has 4 rings (SSSR count). The van der Waals surface area contributed by atoms with Gasteiger partial charge in [0.1, 0.15) is 6.33 Å². The molecular formula is C21H31N5O3S. The number of sulfonamides is 1. The molecule has 30 heavy (non-hydrogen) atoms. The predicted octanol–water partition coefficient (Wildman–Crippen LogP) is 2.05. The standard InChI is InChI=1S/C21H31N5O3S/c1-25-15-22-21(23-25)26-13-12-19(24-30(2,27)28)20(26)14-29-18-10-8-17(9-11-18)16-6-4-3-5-7-16/h3-7,15,17-20,24H,8-14H2,1-2H3/t17?,18?,19-,20?/m0/s1. The van der Waals surface area contributed by atoms with Crippen LogP contribution < -0.4 is 9.62 Å². The second-order valence-electron chi connectivity index (χ2n) is 8.48. The number of anilines is 1. The Kier molecular flexibility index (Phi) is 6.40. The Hall–Kier alpha value is -1.97. The molecule has 0 amide bonds. The lowest BCUT2D eigenvalue weighted by Gasteiger charge is -2.32. The molecule has 2 fully saturated rings. The third kappa shape index (κ3) is 5.19. The fourth-order valence-electron chi connectivity index (χ4n) is 4.70. The predicted molar refractivity (Wildman–Crippen MR) is 116 cm³/mol. The van der Waals surface area contributed by atoms with Crippen LogP contribution in [0, 0.1) is 0 Å². The first-order valence-electron chi connectivity index (χ1n) is 10.6. The monoisotopic (exact) mass is 433 g/mol. The van der Waals surface area contributed by atoms with Crippen molar-refractivity contribution in [1.29, 1.82) is 0 Å². The van der Waals surface area contributed by atoms with Crippen molar-refractivity contribution in [2.45, 2.75) is 56.2 Å². The number of ether oxygens (including phenoxy) is 1. The van der Waals surface area contributed by atoms with E-state index in [9.17, 15) is 8.42 Å². The summed E-state index contributed by atoms with van der Waals surface area (Å²) in [5, 5.41) is 4.41. The van der Waals surface area contributed by atoms with Gasteiger partial charge in [0.25, 0.3) is 0 Å². The molecule has 164 valence electrons. The van der Waals surface area contributed by atoms with Crippen LogP contribution in [0.2, 0.25) is 0 Å². The largest absolute Gasteiger partial charge is 0.376 e. The number of aryl methyl sites for hydroxylation is 1. The van der Waals surface area contributed by atoms with Crippen LogP contribution >= 0.6 is 0 Å². The van der Waals surface area contributed by atoms with Gasteiger partial charge in [0.05, 0.1) is 25.0 Å². The second-order valence-corrected chi connectivity index (χ2v) is 10.3. The Morgan fingerprint density at radius 3 is 2.50 bits per heavy atom. The first-order chi connectivity index (χ1) is 14.4. The van der Waals surface area contributed by atoms with Crippen LogP contribution in [-0.2, 0) is 21.8 Å². The van der Waals surface area contributed by atoms with Gasteiger partial charge < -0.3 is 9.64 Å². The van der Waals surface area contributed by atoms with Crippen molar-refractivity contribution in [3.63, 3.8) is 0 Å². The molecule has 0 radical (unpaired) electrons. The van der Waals surface area contributed by atoms with Gasteiger partial charge in [-0.15, -0.1) is 5.10 Å². The Labute approximate surface area is 178 Å². The molecule has 8 nitrogen and oxygen atoms in total. The molecule has 1 aliphatic carbocycles. The molecule has 1 saturated carbocycles. The molecule has 0 spiro atoms. The average molecular weight is 434 g/mol. The highest BCUT2D eigenvalue weighted by molar-refractivity contribution is 7.88. The smallest absolute Gasteiger partial charge is 0.245 e. The normalized spacial score (nSPS) is 27.5. The molecule has 1 aliphatic heterocycles. The molecule has 2 aromatic rings. The van der Waals surface area contributed by atoms with Crippen LogP contribution in [0.1, 0.15) is 43.6 Å². The average Bonchev–Trinajstić information content (AvgIpc) is 3.32. The number of hydrogen-bond donors (Lipinski definition) is 1. The van der Waals surface area contributed by atoms with Gasteiger partial charge in [-0.05, 0) is 43.6 Å². The van der Waals surface area contributed by atoms with E-state index in [-0.39, 0.29) is 18.2 Å². The third-order valence-corrected chi connectivity index (χ3v) is 6.93. The first kappa shape index (κ1) is 21.3. The highest BCUT2D eigenvalue weighted by atomic mass is 32.2. The summed E-state index contributed by atoms with van der Waals surface area (Å²) in [7, 11) is -1.47. The van der Waals surface area contributed by atoms with Crippen molar-refractivity contribution < 1.29 is 13.2 Å². The Morgan fingerprint density at radius 2 is 1.87 bits per heavy atom. The molecule has 1 unspecified atom stereocenters. The van der Waals surface area contributed by atoms with Crippen molar-refractivity contribution >= 4 is 16.0 Å². The zero-order chi connectivity index (χ0) is 21.1. The van der Waals surface area contributed by atoms with Gasteiger partial charge >= 0.3 is 0 Å². The van der Waals surface area contributed by atoms with E-state index in [4.69, 9.17) is 4.74 Å². The lowest BCUT2D eigenvalue weighted by Crippen LogP contribution is -2.48. The summed E-state index contributed by atoms with van der Waals surface area (Å²) < 4.78 is 34.5. The summed E-state index contributed by atoms with van der Waals surface area (Å²) in [6, 6.07) is 10.4. The summed E-state index contributed by atoms with van der Waals surface area (Å²) in [6.45, 7) is 1.16. The van der Waals surface area contributed by atoms with E-state index in [0.29, 0.717) is 31.4 Å². The number of nitrogens with zero attached hydrogens (tertiary/aromatic N) is 4. The SMILES string of the molecule is Cn1cnc(N2CC[C@H](NS(C)(=O)=O)C2COC2CCC(c3ccccc3)CC2)n1. The summed E-state index contributed by atoms with van der Waals surface area (Å²) in [5.74, 6) is 1.23. The van der Waals surface area contributed by atoms with Gasteiger partial charge in [0, 0.05) is 19.6 Å².